The molecule has 1 N–H and O–H groups in total. The lowest BCUT2D eigenvalue weighted by Crippen LogP contribution is -2.14. The molecule has 4 aromatic rings. The summed E-state index contributed by atoms with van der Waals surface area (Å²) in [5.41, 5.74) is 2.87. The number of fused-ring (bicyclic) bond motifs is 1. The van der Waals surface area contributed by atoms with Crippen molar-refractivity contribution in [3.63, 3.8) is 0 Å². The lowest BCUT2D eigenvalue weighted by Gasteiger charge is -2.07. The van der Waals surface area contributed by atoms with Gasteiger partial charge in [-0.15, -0.1) is 10.2 Å². The smallest absolute Gasteiger partial charge is 0.234 e. The van der Waals surface area contributed by atoms with Gasteiger partial charge in [-0.25, -0.2) is 0 Å². The highest BCUT2D eigenvalue weighted by molar-refractivity contribution is 7.99. The van der Waals surface area contributed by atoms with E-state index in [1.165, 1.54) is 11.8 Å². The van der Waals surface area contributed by atoms with Crippen molar-refractivity contribution in [2.24, 2.45) is 0 Å². The summed E-state index contributed by atoms with van der Waals surface area (Å²) in [6.07, 6.45) is 0. The first-order valence-electron chi connectivity index (χ1n) is 9.37. The summed E-state index contributed by atoms with van der Waals surface area (Å²) in [5.74, 6) is 0.736. The number of nitrogens with zero attached hydrogens (tertiary/aromatic N) is 4. The molecule has 0 spiro atoms. The molecule has 0 fully saturated rings. The predicted molar refractivity (Wildman–Crippen MR) is 123 cm³/mol. The quantitative estimate of drug-likeness (QED) is 0.370. The number of ether oxygens (including phenoxy) is 1. The molecule has 0 aliphatic rings. The van der Waals surface area contributed by atoms with Crippen LogP contribution >= 0.6 is 35.0 Å². The van der Waals surface area contributed by atoms with Gasteiger partial charge in [-0.3, -0.25) is 4.79 Å². The van der Waals surface area contributed by atoms with Crippen LogP contribution in [0.4, 0.5) is 5.69 Å². The Kier molecular flexibility index (Phi) is 6.60. The average Bonchev–Trinajstić information content (AvgIpc) is 3.18. The SMILES string of the molecule is CCOc1ccc(-c2ccc3nnc(SCC(=O)Nc4ccc(Cl)c(Cl)c4)n3n2)cc1. The molecular weight excluding hydrogens is 457 g/mol. The van der Waals surface area contributed by atoms with E-state index in [9.17, 15) is 4.79 Å². The average molecular weight is 474 g/mol. The number of hydrogen-bond acceptors (Lipinski definition) is 6. The first-order chi connectivity index (χ1) is 15.0. The summed E-state index contributed by atoms with van der Waals surface area (Å²) in [5, 5.41) is 17.0. The molecule has 1 amide bonds. The summed E-state index contributed by atoms with van der Waals surface area (Å²) in [4.78, 5) is 12.3. The zero-order chi connectivity index (χ0) is 21.8. The third-order valence-corrected chi connectivity index (χ3v) is 5.89. The van der Waals surface area contributed by atoms with E-state index in [1.54, 1.807) is 22.7 Å². The number of benzene rings is 2. The number of hydrogen-bond donors (Lipinski definition) is 1. The maximum absolute atomic E-state index is 12.3. The van der Waals surface area contributed by atoms with Crippen LogP contribution in [0, 0.1) is 0 Å². The minimum atomic E-state index is -0.206. The summed E-state index contributed by atoms with van der Waals surface area (Å²) in [6, 6.07) is 16.3. The number of thioether (sulfide) groups is 1. The van der Waals surface area contributed by atoms with Crippen LogP contribution < -0.4 is 10.1 Å². The number of halogens is 2. The monoisotopic (exact) mass is 473 g/mol. The van der Waals surface area contributed by atoms with Crippen LogP contribution in [0.1, 0.15) is 6.92 Å². The van der Waals surface area contributed by atoms with Gasteiger partial charge in [0.15, 0.2) is 5.65 Å². The van der Waals surface area contributed by atoms with E-state index in [-0.39, 0.29) is 11.7 Å². The van der Waals surface area contributed by atoms with Crippen molar-refractivity contribution < 1.29 is 9.53 Å². The van der Waals surface area contributed by atoms with Crippen LogP contribution in [0.15, 0.2) is 59.8 Å². The predicted octanol–water partition coefficient (Wildman–Crippen LogP) is 5.23. The van der Waals surface area contributed by atoms with Gasteiger partial charge in [0.2, 0.25) is 11.1 Å². The first-order valence-corrected chi connectivity index (χ1v) is 11.1. The van der Waals surface area contributed by atoms with Crippen LogP contribution in [0.2, 0.25) is 10.0 Å². The lowest BCUT2D eigenvalue weighted by molar-refractivity contribution is -0.113. The summed E-state index contributed by atoms with van der Waals surface area (Å²) in [7, 11) is 0. The fourth-order valence-corrected chi connectivity index (χ4v) is 3.79. The third kappa shape index (κ3) is 5.10. The molecule has 2 aromatic heterocycles. The second-order valence-electron chi connectivity index (χ2n) is 6.39. The van der Waals surface area contributed by atoms with Crippen molar-refractivity contribution in [3.8, 4) is 17.0 Å². The van der Waals surface area contributed by atoms with Gasteiger partial charge in [0.05, 0.1) is 28.1 Å². The van der Waals surface area contributed by atoms with E-state index in [1.807, 2.05) is 43.3 Å². The lowest BCUT2D eigenvalue weighted by atomic mass is 10.1. The molecule has 0 atom stereocenters. The minimum absolute atomic E-state index is 0.135. The van der Waals surface area contributed by atoms with Crippen molar-refractivity contribution in [1.29, 1.82) is 0 Å². The number of aromatic nitrogens is 4. The fourth-order valence-electron chi connectivity index (χ4n) is 2.80. The zero-order valence-electron chi connectivity index (χ0n) is 16.4. The van der Waals surface area contributed by atoms with Crippen LogP contribution in [0.5, 0.6) is 5.75 Å². The van der Waals surface area contributed by atoms with Crippen molar-refractivity contribution in [3.05, 3.63) is 64.6 Å². The Balaban J connectivity index is 1.47. The number of amides is 1. The Hall–Kier alpha value is -2.81. The number of carbonyl (C=O) groups is 1. The normalized spacial score (nSPS) is 10.9. The van der Waals surface area contributed by atoms with Crippen LogP contribution in [-0.2, 0) is 4.79 Å². The van der Waals surface area contributed by atoms with Crippen LogP contribution in [0.3, 0.4) is 0 Å². The number of rotatable bonds is 7. The van der Waals surface area contributed by atoms with E-state index in [0.717, 1.165) is 17.0 Å². The first kappa shape index (κ1) is 21.4. The van der Waals surface area contributed by atoms with Gasteiger partial charge >= 0.3 is 0 Å². The van der Waals surface area contributed by atoms with Crippen LogP contribution in [-0.4, -0.2) is 38.1 Å². The zero-order valence-corrected chi connectivity index (χ0v) is 18.7. The highest BCUT2D eigenvalue weighted by Crippen LogP contribution is 2.26. The van der Waals surface area contributed by atoms with Crippen LogP contribution in [0.25, 0.3) is 16.9 Å². The number of nitrogens with one attached hydrogen (secondary N) is 1. The maximum Gasteiger partial charge on any atom is 0.234 e. The topological polar surface area (TPSA) is 81.4 Å². The number of anilines is 1. The van der Waals surface area contributed by atoms with Gasteiger partial charge in [-0.05, 0) is 61.5 Å². The third-order valence-electron chi connectivity index (χ3n) is 4.23. The molecule has 158 valence electrons. The Bertz CT molecular complexity index is 1230. The molecule has 31 heavy (non-hydrogen) atoms. The van der Waals surface area contributed by atoms with Crippen molar-refractivity contribution in [1.82, 2.24) is 19.8 Å². The molecule has 0 saturated carbocycles. The molecule has 0 bridgehead atoms. The van der Waals surface area contributed by atoms with E-state index in [2.05, 4.69) is 20.6 Å². The van der Waals surface area contributed by atoms with Gasteiger partial charge in [0.25, 0.3) is 0 Å². The second-order valence-corrected chi connectivity index (χ2v) is 8.15. The number of carbonyl (C=O) groups excluding carboxylic acids is 1. The van der Waals surface area contributed by atoms with Gasteiger partial charge < -0.3 is 10.1 Å². The molecule has 10 heteroatoms. The Morgan fingerprint density at radius 3 is 2.61 bits per heavy atom. The molecule has 0 radical (unpaired) electrons. The van der Waals surface area contributed by atoms with E-state index < -0.39 is 0 Å². The molecule has 4 rings (SSSR count). The standard InChI is InChI=1S/C21H17Cl2N5O2S/c1-2-30-15-6-3-13(4-7-15)18-9-10-19-25-26-21(28(19)27-18)31-12-20(29)24-14-5-8-16(22)17(23)11-14/h3-11H,2,12H2,1H3,(H,24,29). The Morgan fingerprint density at radius 2 is 1.87 bits per heavy atom. The van der Waals surface area contributed by atoms with Gasteiger partial charge in [0.1, 0.15) is 5.75 Å². The summed E-state index contributed by atoms with van der Waals surface area (Å²) in [6.45, 7) is 2.56. The van der Waals surface area contributed by atoms with Crippen molar-refractivity contribution in [2.45, 2.75) is 12.1 Å². The summed E-state index contributed by atoms with van der Waals surface area (Å²) >= 11 is 13.1. The van der Waals surface area contributed by atoms with Gasteiger partial charge in [0, 0.05) is 11.3 Å². The maximum atomic E-state index is 12.3. The molecule has 2 aromatic carbocycles. The van der Waals surface area contributed by atoms with E-state index in [4.69, 9.17) is 27.9 Å². The van der Waals surface area contributed by atoms with E-state index >= 15 is 0 Å². The van der Waals surface area contributed by atoms with Gasteiger partial charge in [-0.1, -0.05) is 35.0 Å². The molecule has 0 aliphatic heterocycles. The second kappa shape index (κ2) is 9.55. The molecule has 0 aliphatic carbocycles. The highest BCUT2D eigenvalue weighted by Gasteiger charge is 2.12. The van der Waals surface area contributed by atoms with Gasteiger partial charge in [-0.2, -0.15) is 9.61 Å². The molecule has 2 heterocycles. The largest absolute Gasteiger partial charge is 0.494 e. The van der Waals surface area contributed by atoms with Crippen molar-refractivity contribution in [2.75, 3.05) is 17.7 Å². The minimum Gasteiger partial charge on any atom is -0.494 e. The molecule has 0 unspecified atom stereocenters. The highest BCUT2D eigenvalue weighted by atomic mass is 35.5. The van der Waals surface area contributed by atoms with E-state index in [0.29, 0.717) is 33.1 Å². The molecular formula is C21H17Cl2N5O2S. The fraction of sp³-hybridized carbons (Fsp3) is 0.143. The Morgan fingerprint density at radius 1 is 1.06 bits per heavy atom. The summed E-state index contributed by atoms with van der Waals surface area (Å²) < 4.78 is 7.11. The molecule has 7 nitrogen and oxygen atoms in total. The van der Waals surface area contributed by atoms with Crippen molar-refractivity contribution >= 4 is 52.2 Å². The molecule has 0 saturated heterocycles. The Labute approximate surface area is 192 Å².